The predicted molar refractivity (Wildman–Crippen MR) is 185 cm³/mol. The van der Waals surface area contributed by atoms with Crippen LogP contribution >= 0.6 is 0 Å². The lowest BCUT2D eigenvalue weighted by Gasteiger charge is -2.41. The number of hydrogen-bond acceptors (Lipinski definition) is 1. The minimum atomic E-state index is -3.33. The zero-order chi connectivity index (χ0) is 55.0. The maximum atomic E-state index is 9.87. The van der Waals surface area contributed by atoms with Gasteiger partial charge in [0.15, 0.2) is 0 Å². The lowest BCUT2D eigenvalue weighted by molar-refractivity contribution is 0.435. The van der Waals surface area contributed by atoms with Gasteiger partial charge in [-0.2, -0.15) is 0 Å². The molecule has 212 valence electrons. The van der Waals surface area contributed by atoms with Gasteiger partial charge in [0.1, 0.15) is 11.5 Å². The van der Waals surface area contributed by atoms with Crippen molar-refractivity contribution in [3.05, 3.63) is 197 Å². The smallest absolute Gasteiger partial charge is 0.132 e. The molecule has 1 aliphatic heterocycles. The summed E-state index contributed by atoms with van der Waals surface area (Å²) in [5, 5.41) is -1.27. The third-order valence-electron chi connectivity index (χ3n) is 7.25. The SMILES string of the molecule is [2H]c1c([2H])c([2H])c(-n2c3c([2H])c([2H])c([2H])c([2H])c3c3c([2H])c(-c4c([2H])c([2H])c5c(c4[2H])Oc4c([2H])c([2H])c([2H])c([2H])c4C5(c4c([2H])c([2H])c([2H])c([2H])c4[2H])c4c([2H])c([2H])c([2H])c([2H])c4[2H])c([2H])c([2H])c32)c([2H])c1[2H]. The number of benzene rings is 7. The second kappa shape index (κ2) is 10.1. The van der Waals surface area contributed by atoms with Crippen molar-refractivity contribution in [3.8, 4) is 28.3 Å². The first-order chi connectivity index (χ1) is 34.4. The number of para-hydroxylation sites is 3. The summed E-state index contributed by atoms with van der Waals surface area (Å²) >= 11 is 0. The molecule has 0 saturated carbocycles. The van der Waals surface area contributed by atoms with E-state index in [1.807, 2.05) is 0 Å². The zero-order valence-corrected chi connectivity index (χ0v) is 22.4. The Balaban J connectivity index is 1.57. The number of fused-ring (bicyclic) bond motifs is 5. The Labute approximate surface area is 303 Å². The summed E-state index contributed by atoms with van der Waals surface area (Å²) < 4.78 is 268. The number of ether oxygens (including phenoxy) is 1. The van der Waals surface area contributed by atoms with Crippen LogP contribution in [0.5, 0.6) is 11.5 Å². The van der Waals surface area contributed by atoms with Crippen molar-refractivity contribution in [2.45, 2.75) is 5.41 Å². The van der Waals surface area contributed by atoms with Crippen LogP contribution in [0, 0.1) is 0 Å². The van der Waals surface area contributed by atoms with Gasteiger partial charge >= 0.3 is 0 Å². The Morgan fingerprint density at radius 1 is 0.444 bits per heavy atom. The highest BCUT2D eigenvalue weighted by Crippen LogP contribution is 2.55. The molecule has 1 aliphatic rings. The summed E-state index contributed by atoms with van der Waals surface area (Å²) in [5.74, 6) is -2.14. The average Bonchev–Trinajstić information content (AvgIpc) is 3.72. The molecular weight excluding hydrogens is 546 g/mol. The molecule has 9 rings (SSSR count). The fourth-order valence-electron chi connectivity index (χ4n) is 5.44. The van der Waals surface area contributed by atoms with Crippen LogP contribution < -0.4 is 4.74 Å². The van der Waals surface area contributed by atoms with Crippen LogP contribution in [-0.2, 0) is 5.41 Å². The third kappa shape index (κ3) is 3.82. The molecule has 2 nitrogen and oxygen atoms in total. The number of rotatable bonds is 4. The van der Waals surface area contributed by atoms with Crippen LogP contribution in [0.25, 0.3) is 38.6 Å². The van der Waals surface area contributed by atoms with E-state index < -0.39 is 253 Å². The Morgan fingerprint density at radius 3 is 1.76 bits per heavy atom. The molecule has 0 bridgehead atoms. The first-order valence-electron chi connectivity index (χ1n) is 27.6. The zero-order valence-electron chi connectivity index (χ0n) is 51.4. The summed E-state index contributed by atoms with van der Waals surface area (Å²) in [6, 6.07) is -30.9. The monoisotopic (exact) mass is 604 g/mol. The van der Waals surface area contributed by atoms with Crippen molar-refractivity contribution in [2.75, 3.05) is 0 Å². The topological polar surface area (TPSA) is 14.2 Å². The standard InChI is InChI=1S/C43H29NO/c1-4-14-32(15-5-1)43(33-16-6-2-7-17-33)37-21-11-13-23-41(37)45-42-29-31(24-26-38(42)43)30-25-27-40-36(28-30)35-20-10-12-22-39(35)44(40)34-18-8-3-9-19-34/h1-29H/i1D,2D,3D,4D,5D,6D,7D,8D,9D,10D,11D,12D,13D,14D,15D,16D,17D,18D,19D,20D,21D,22D,23D,24D,25D,26D,27D,28D,29D. The molecule has 2 heteroatoms. The van der Waals surface area contributed by atoms with Crippen LogP contribution in [0.3, 0.4) is 0 Å². The maximum absolute atomic E-state index is 9.87. The molecule has 7 aromatic carbocycles. The van der Waals surface area contributed by atoms with Gasteiger partial charge in [0.05, 0.1) is 56.2 Å². The Kier molecular flexibility index (Phi) is 2.21. The van der Waals surface area contributed by atoms with Gasteiger partial charge in [0.25, 0.3) is 0 Å². The Morgan fingerprint density at radius 2 is 1.00 bits per heavy atom. The highest BCUT2D eigenvalue weighted by molar-refractivity contribution is 6.10. The van der Waals surface area contributed by atoms with E-state index in [1.54, 1.807) is 0 Å². The second-order valence-electron chi connectivity index (χ2n) is 9.52. The molecule has 0 atom stereocenters. The van der Waals surface area contributed by atoms with Crippen molar-refractivity contribution in [2.24, 2.45) is 0 Å². The van der Waals surface area contributed by atoms with E-state index in [0.717, 1.165) is 0 Å². The van der Waals surface area contributed by atoms with E-state index in [2.05, 4.69) is 0 Å². The quantitative estimate of drug-likeness (QED) is 0.195. The largest absolute Gasteiger partial charge is 0.457 e. The minimum absolute atomic E-state index is 0.609. The van der Waals surface area contributed by atoms with Crippen LogP contribution in [0.1, 0.15) is 62.0 Å². The summed E-state index contributed by atoms with van der Waals surface area (Å²) in [6.07, 6.45) is 0. The fraction of sp³-hybridized carbons (Fsp3) is 0.0233. The van der Waals surface area contributed by atoms with Crippen molar-refractivity contribution in [1.82, 2.24) is 4.57 Å². The average molecular weight is 605 g/mol. The summed E-state index contributed by atoms with van der Waals surface area (Å²) in [5.41, 5.74) is -11.6. The van der Waals surface area contributed by atoms with Gasteiger partial charge in [0.2, 0.25) is 0 Å². The van der Waals surface area contributed by atoms with E-state index in [1.165, 1.54) is 0 Å². The first kappa shape index (κ1) is 9.82. The summed E-state index contributed by atoms with van der Waals surface area (Å²) in [7, 11) is 0. The summed E-state index contributed by atoms with van der Waals surface area (Å²) in [6.45, 7) is 0. The molecule has 0 unspecified atom stereocenters. The van der Waals surface area contributed by atoms with Gasteiger partial charge in [-0.3, -0.25) is 0 Å². The molecule has 0 fully saturated rings. The van der Waals surface area contributed by atoms with E-state index in [-0.39, 0.29) is 0 Å². The molecule has 0 N–H and O–H groups in total. The lowest BCUT2D eigenvalue weighted by Crippen LogP contribution is -2.34. The molecule has 0 radical (unpaired) electrons. The van der Waals surface area contributed by atoms with Gasteiger partial charge < -0.3 is 9.30 Å². The van der Waals surface area contributed by atoms with Crippen molar-refractivity contribution < 1.29 is 44.5 Å². The van der Waals surface area contributed by atoms with Crippen LogP contribution in [0.15, 0.2) is 175 Å². The first-order valence-corrected chi connectivity index (χ1v) is 13.1. The highest BCUT2D eigenvalue weighted by Gasteiger charge is 2.45. The molecule has 2 heterocycles. The minimum Gasteiger partial charge on any atom is -0.457 e. The predicted octanol–water partition coefficient (Wildman–Crippen LogP) is 10.9. The van der Waals surface area contributed by atoms with Gasteiger partial charge in [0, 0.05) is 27.6 Å². The number of aromatic nitrogens is 1. The third-order valence-corrected chi connectivity index (χ3v) is 7.25. The molecular formula is C43H29NO. The fourth-order valence-corrected chi connectivity index (χ4v) is 5.44. The van der Waals surface area contributed by atoms with E-state index in [4.69, 9.17) is 29.4 Å². The van der Waals surface area contributed by atoms with Crippen molar-refractivity contribution in [1.29, 1.82) is 0 Å². The lowest BCUT2D eigenvalue weighted by atomic mass is 9.63. The van der Waals surface area contributed by atoms with Crippen LogP contribution in [-0.4, -0.2) is 4.57 Å². The molecule has 0 spiro atoms. The number of hydrogen-bond donors (Lipinski definition) is 0. The normalized spacial score (nSPS) is 22.3. The summed E-state index contributed by atoms with van der Waals surface area (Å²) in [4.78, 5) is 0. The molecule has 0 amide bonds. The van der Waals surface area contributed by atoms with E-state index in [9.17, 15) is 15.1 Å². The Hall–Kier alpha value is -5.86. The number of nitrogens with zero attached hydrogens (tertiary/aromatic N) is 1. The molecule has 45 heavy (non-hydrogen) atoms. The van der Waals surface area contributed by atoms with Gasteiger partial charge in [-0.1, -0.05) is 133 Å². The highest BCUT2D eigenvalue weighted by atomic mass is 16.5. The van der Waals surface area contributed by atoms with Crippen molar-refractivity contribution >= 4 is 21.8 Å². The second-order valence-corrected chi connectivity index (χ2v) is 9.52. The van der Waals surface area contributed by atoms with E-state index >= 15 is 0 Å². The van der Waals surface area contributed by atoms with Gasteiger partial charge in [-0.25, -0.2) is 0 Å². The molecule has 1 aromatic heterocycles. The maximum Gasteiger partial charge on any atom is 0.132 e. The Bertz CT molecular complexity index is 3800. The molecule has 0 saturated heterocycles. The van der Waals surface area contributed by atoms with E-state index in [0.29, 0.717) is 4.57 Å². The van der Waals surface area contributed by atoms with Crippen molar-refractivity contribution in [3.63, 3.8) is 0 Å². The van der Waals surface area contributed by atoms with Gasteiger partial charge in [-0.15, -0.1) is 0 Å². The molecule has 0 aliphatic carbocycles. The van der Waals surface area contributed by atoms with Gasteiger partial charge in [-0.05, 0) is 64.6 Å². The van der Waals surface area contributed by atoms with Crippen LogP contribution in [0.4, 0.5) is 0 Å². The molecule has 8 aromatic rings. The van der Waals surface area contributed by atoms with Crippen LogP contribution in [0.2, 0.25) is 0 Å².